The second-order valence-electron chi connectivity index (χ2n) is 7.86. The monoisotopic (exact) mass is 373 g/mol. The van der Waals surface area contributed by atoms with Gasteiger partial charge in [-0.3, -0.25) is 9.69 Å². The molecule has 1 heterocycles. The van der Waals surface area contributed by atoms with Crippen molar-refractivity contribution in [1.29, 1.82) is 0 Å². The molecule has 0 aromatic heterocycles. The van der Waals surface area contributed by atoms with Gasteiger partial charge in [-0.15, -0.1) is 0 Å². The van der Waals surface area contributed by atoms with E-state index >= 15 is 0 Å². The molecule has 3 nitrogen and oxygen atoms in total. The van der Waals surface area contributed by atoms with Gasteiger partial charge >= 0.3 is 5.97 Å². The minimum absolute atomic E-state index is 0.142. The van der Waals surface area contributed by atoms with Gasteiger partial charge in [0.1, 0.15) is 0 Å². The largest absolute Gasteiger partial charge is 0.481 e. The van der Waals surface area contributed by atoms with Crippen LogP contribution in [0.15, 0.2) is 85.0 Å². The van der Waals surface area contributed by atoms with E-state index in [1.807, 2.05) is 0 Å². The van der Waals surface area contributed by atoms with Crippen LogP contribution in [0.2, 0.25) is 0 Å². The molecule has 28 heavy (non-hydrogen) atoms. The minimum atomic E-state index is -0.675. The number of carboxylic acid groups (broad SMARTS) is 1. The molecule has 1 aliphatic carbocycles. The molecule has 1 aliphatic heterocycles. The predicted octanol–water partition coefficient (Wildman–Crippen LogP) is 4.87. The lowest BCUT2D eigenvalue weighted by atomic mass is 9.69. The van der Waals surface area contributed by atoms with Gasteiger partial charge in [-0.1, -0.05) is 85.0 Å². The summed E-state index contributed by atoms with van der Waals surface area (Å²) in [6, 6.07) is 21.3. The number of carbonyl (C=O) groups is 1. The average Bonchev–Trinajstić information content (AvgIpc) is 2.76. The summed E-state index contributed by atoms with van der Waals surface area (Å²) >= 11 is 0. The van der Waals surface area contributed by atoms with Gasteiger partial charge in [0.15, 0.2) is 0 Å². The van der Waals surface area contributed by atoms with E-state index in [-0.39, 0.29) is 17.4 Å². The number of rotatable bonds is 5. The number of piperidine rings is 1. The molecule has 0 radical (unpaired) electrons. The predicted molar refractivity (Wildman–Crippen MR) is 112 cm³/mol. The van der Waals surface area contributed by atoms with Gasteiger partial charge in [0, 0.05) is 12.5 Å². The lowest BCUT2D eigenvalue weighted by Gasteiger charge is -2.50. The highest BCUT2D eigenvalue weighted by Gasteiger charge is 2.45. The highest BCUT2D eigenvalue weighted by Crippen LogP contribution is 2.45. The Morgan fingerprint density at radius 1 is 1.00 bits per heavy atom. The Morgan fingerprint density at radius 3 is 2.18 bits per heavy atom. The van der Waals surface area contributed by atoms with Gasteiger partial charge in [0.2, 0.25) is 0 Å². The van der Waals surface area contributed by atoms with Crippen molar-refractivity contribution in [3.63, 3.8) is 0 Å². The van der Waals surface area contributed by atoms with Gasteiger partial charge < -0.3 is 5.11 Å². The number of nitrogens with zero attached hydrogens (tertiary/aromatic N) is 1. The van der Waals surface area contributed by atoms with E-state index in [2.05, 4.69) is 89.9 Å². The quantitative estimate of drug-likeness (QED) is 0.813. The third-order valence-electron chi connectivity index (χ3n) is 6.20. The summed E-state index contributed by atoms with van der Waals surface area (Å²) in [4.78, 5) is 14.2. The van der Waals surface area contributed by atoms with Crippen molar-refractivity contribution in [3.05, 3.63) is 96.1 Å². The molecule has 1 N–H and O–H groups in total. The van der Waals surface area contributed by atoms with Gasteiger partial charge in [0.25, 0.3) is 0 Å². The number of hydrogen-bond acceptors (Lipinski definition) is 2. The van der Waals surface area contributed by atoms with Crippen molar-refractivity contribution in [2.75, 3.05) is 13.1 Å². The van der Waals surface area contributed by atoms with Crippen LogP contribution in [0.1, 0.15) is 36.3 Å². The molecule has 2 atom stereocenters. The van der Waals surface area contributed by atoms with Crippen LogP contribution in [-0.2, 0) is 4.79 Å². The summed E-state index contributed by atoms with van der Waals surface area (Å²) in [6.07, 6.45) is 11.3. The first-order valence-corrected chi connectivity index (χ1v) is 10.1. The third kappa shape index (κ3) is 3.55. The normalized spacial score (nSPS) is 25.1. The topological polar surface area (TPSA) is 40.5 Å². The molecule has 4 rings (SSSR count). The fraction of sp³-hybridized carbons (Fsp3) is 0.320. The molecule has 144 valence electrons. The Labute approximate surface area is 167 Å². The molecule has 1 saturated heterocycles. The second-order valence-corrected chi connectivity index (χ2v) is 7.86. The Balaban J connectivity index is 1.83. The van der Waals surface area contributed by atoms with Gasteiger partial charge in [0.05, 0.1) is 11.5 Å². The summed E-state index contributed by atoms with van der Waals surface area (Å²) in [5.74, 6) is -0.827. The number of carboxylic acids is 1. The molecule has 3 heteroatoms. The standard InChI is InChI=1S/C25H27NO2/c27-24(28)22-15-10-18-26(19-22)25(16-8-3-9-17-25)23(20-11-4-1-5-12-20)21-13-6-2-7-14-21/h1-9,11-14,16,22-23H,10,15,17-19H2,(H,27,28). The molecular formula is C25H27NO2. The summed E-state index contributed by atoms with van der Waals surface area (Å²) < 4.78 is 0. The Hall–Kier alpha value is -2.65. The fourth-order valence-electron chi connectivity index (χ4n) is 4.87. The van der Waals surface area contributed by atoms with Crippen LogP contribution in [0.5, 0.6) is 0 Å². The van der Waals surface area contributed by atoms with Crippen molar-refractivity contribution in [2.24, 2.45) is 5.92 Å². The van der Waals surface area contributed by atoms with Crippen LogP contribution in [0.25, 0.3) is 0 Å². The van der Waals surface area contributed by atoms with E-state index in [0.29, 0.717) is 6.54 Å². The lowest BCUT2D eigenvalue weighted by Crippen LogP contribution is -2.56. The zero-order valence-electron chi connectivity index (χ0n) is 16.1. The van der Waals surface area contributed by atoms with Crippen molar-refractivity contribution in [2.45, 2.75) is 30.7 Å². The number of allylic oxidation sites excluding steroid dienone is 2. The third-order valence-corrected chi connectivity index (χ3v) is 6.20. The van der Waals surface area contributed by atoms with E-state index in [1.165, 1.54) is 11.1 Å². The van der Waals surface area contributed by atoms with Crippen molar-refractivity contribution in [1.82, 2.24) is 4.90 Å². The van der Waals surface area contributed by atoms with Crippen LogP contribution in [0.3, 0.4) is 0 Å². The Kier molecular flexibility index (Phi) is 5.45. The van der Waals surface area contributed by atoms with Crippen LogP contribution < -0.4 is 0 Å². The molecule has 2 unspecified atom stereocenters. The molecule has 1 fully saturated rings. The highest BCUT2D eigenvalue weighted by atomic mass is 16.4. The van der Waals surface area contributed by atoms with Crippen molar-refractivity contribution in [3.8, 4) is 0 Å². The smallest absolute Gasteiger partial charge is 0.307 e. The van der Waals surface area contributed by atoms with Gasteiger partial charge in [-0.25, -0.2) is 0 Å². The molecule has 0 saturated carbocycles. The number of likely N-dealkylation sites (tertiary alicyclic amines) is 1. The minimum Gasteiger partial charge on any atom is -0.481 e. The van der Waals surface area contributed by atoms with E-state index in [9.17, 15) is 9.90 Å². The molecule has 0 bridgehead atoms. The lowest BCUT2D eigenvalue weighted by molar-refractivity contribution is -0.144. The number of aliphatic carboxylic acids is 1. The highest BCUT2D eigenvalue weighted by molar-refractivity contribution is 5.70. The van der Waals surface area contributed by atoms with E-state index in [1.54, 1.807) is 0 Å². The summed E-state index contributed by atoms with van der Waals surface area (Å²) in [6.45, 7) is 1.53. The molecule has 2 aromatic carbocycles. The summed E-state index contributed by atoms with van der Waals surface area (Å²) in [7, 11) is 0. The first-order chi connectivity index (χ1) is 13.7. The molecule has 0 spiro atoms. The van der Waals surface area contributed by atoms with Crippen molar-refractivity contribution < 1.29 is 9.90 Å². The Morgan fingerprint density at radius 2 is 1.64 bits per heavy atom. The number of benzene rings is 2. The molecule has 0 amide bonds. The zero-order valence-corrected chi connectivity index (χ0v) is 16.1. The Bertz CT molecular complexity index is 819. The summed E-state index contributed by atoms with van der Waals surface area (Å²) in [5.41, 5.74) is 2.28. The average molecular weight is 373 g/mol. The maximum Gasteiger partial charge on any atom is 0.307 e. The fourth-order valence-corrected chi connectivity index (χ4v) is 4.87. The maximum absolute atomic E-state index is 11.7. The summed E-state index contributed by atoms with van der Waals surface area (Å²) in [5, 5.41) is 9.65. The molecular weight excluding hydrogens is 346 g/mol. The van der Waals surface area contributed by atoms with Crippen LogP contribution in [0, 0.1) is 5.92 Å². The van der Waals surface area contributed by atoms with Crippen LogP contribution in [0.4, 0.5) is 0 Å². The number of hydrogen-bond donors (Lipinski definition) is 1. The zero-order chi connectivity index (χ0) is 19.4. The van der Waals surface area contributed by atoms with Crippen LogP contribution in [-0.4, -0.2) is 34.6 Å². The first-order valence-electron chi connectivity index (χ1n) is 10.1. The van der Waals surface area contributed by atoms with E-state index in [4.69, 9.17) is 0 Å². The van der Waals surface area contributed by atoms with Crippen LogP contribution >= 0.6 is 0 Å². The SMILES string of the molecule is O=C(O)C1CCCN(C2(C(c3ccccc3)c3ccccc3)C=CC=CC2)C1. The maximum atomic E-state index is 11.7. The van der Waals surface area contributed by atoms with E-state index < -0.39 is 5.97 Å². The van der Waals surface area contributed by atoms with E-state index in [0.717, 1.165) is 25.8 Å². The second kappa shape index (κ2) is 8.15. The van der Waals surface area contributed by atoms with Gasteiger partial charge in [-0.05, 0) is 36.9 Å². The molecule has 2 aromatic rings. The van der Waals surface area contributed by atoms with Crippen molar-refractivity contribution >= 4 is 5.97 Å². The molecule has 2 aliphatic rings. The first kappa shape index (κ1) is 18.7. The van der Waals surface area contributed by atoms with Gasteiger partial charge in [-0.2, -0.15) is 0 Å².